The summed E-state index contributed by atoms with van der Waals surface area (Å²) in [6.45, 7) is 2.22. The summed E-state index contributed by atoms with van der Waals surface area (Å²) in [5.74, 6) is 1.31. The van der Waals surface area contributed by atoms with Crippen molar-refractivity contribution < 1.29 is 0 Å². The van der Waals surface area contributed by atoms with Crippen molar-refractivity contribution in [1.82, 2.24) is 0 Å². The van der Waals surface area contributed by atoms with Crippen molar-refractivity contribution in [2.75, 3.05) is 12.0 Å². The maximum absolute atomic E-state index is 2.22. The first-order chi connectivity index (χ1) is 3.91. The van der Waals surface area contributed by atoms with Gasteiger partial charge < -0.3 is 0 Å². The summed E-state index contributed by atoms with van der Waals surface area (Å²) >= 11 is 0.764. The molecule has 0 aromatic carbocycles. The third kappa shape index (κ3) is 7.57. The van der Waals surface area contributed by atoms with Crippen LogP contribution in [0.3, 0.4) is 0 Å². The molecule has 0 fully saturated rings. The zero-order chi connectivity index (χ0) is 6.24. The summed E-state index contributed by atoms with van der Waals surface area (Å²) in [5, 5.41) is 0. The van der Waals surface area contributed by atoms with Crippen molar-refractivity contribution in [3.63, 3.8) is 0 Å². The van der Waals surface area contributed by atoms with Gasteiger partial charge in [0.1, 0.15) is 0 Å². The van der Waals surface area contributed by atoms with E-state index in [1.54, 1.807) is 0 Å². The van der Waals surface area contributed by atoms with E-state index in [1.165, 1.54) is 12.2 Å². The Morgan fingerprint density at radius 1 is 1.50 bits per heavy atom. The van der Waals surface area contributed by atoms with Gasteiger partial charge >= 0.3 is 68.3 Å². The third-order valence-electron chi connectivity index (χ3n) is 0.431. The summed E-state index contributed by atoms with van der Waals surface area (Å²) in [4.78, 5) is 0. The summed E-state index contributed by atoms with van der Waals surface area (Å²) < 4.78 is 0. The molecule has 0 aliphatic heterocycles. The topological polar surface area (TPSA) is 0 Å². The van der Waals surface area contributed by atoms with Crippen molar-refractivity contribution in [3.05, 3.63) is 0 Å². The molecule has 0 heterocycles. The molecule has 0 saturated heterocycles. The summed E-state index contributed by atoms with van der Waals surface area (Å²) in [7, 11) is 5.98. The fourth-order valence-electron chi connectivity index (χ4n) is 0.165. The second-order valence-corrected chi connectivity index (χ2v) is 11.1. The van der Waals surface area contributed by atoms with E-state index < -0.39 is 0 Å². The van der Waals surface area contributed by atoms with Gasteiger partial charge in [-0.15, -0.1) is 0 Å². The van der Waals surface area contributed by atoms with Crippen molar-refractivity contribution in [1.29, 1.82) is 0 Å². The van der Waals surface area contributed by atoms with Gasteiger partial charge in [-0.1, -0.05) is 0 Å². The fourth-order valence-corrected chi connectivity index (χ4v) is 8.99. The van der Waals surface area contributed by atoms with Crippen LogP contribution in [0.15, 0.2) is 0 Å². The first-order valence-electron chi connectivity index (χ1n) is 2.40. The number of hydrogen-bond acceptors (Lipinski definition) is 3. The van der Waals surface area contributed by atoms with E-state index in [2.05, 4.69) is 13.2 Å². The minimum absolute atomic E-state index is 0.764. The van der Waals surface area contributed by atoms with Crippen molar-refractivity contribution in [2.45, 2.75) is 13.3 Å². The van der Waals surface area contributed by atoms with Gasteiger partial charge in [-0.2, -0.15) is 0 Å². The van der Waals surface area contributed by atoms with Crippen LogP contribution in [0.2, 0.25) is 0 Å². The van der Waals surface area contributed by atoms with Crippen LogP contribution in [-0.4, -0.2) is 24.7 Å². The predicted molar refractivity (Wildman–Crippen MR) is 49.6 cm³/mol. The Balaban J connectivity index is 2.53. The van der Waals surface area contributed by atoms with Crippen LogP contribution >= 0.6 is 30.2 Å². The van der Waals surface area contributed by atoms with Gasteiger partial charge in [0.15, 0.2) is 0 Å². The average Bonchev–Trinajstić information content (AvgIpc) is 1.81. The van der Waals surface area contributed by atoms with E-state index in [4.69, 9.17) is 0 Å². The molecule has 0 N–H and O–H groups in total. The molecule has 4 heteroatoms. The van der Waals surface area contributed by atoms with Crippen LogP contribution in [0.4, 0.5) is 0 Å². The molecule has 8 heavy (non-hydrogen) atoms. The van der Waals surface area contributed by atoms with Gasteiger partial charge in [-0.05, 0) is 0 Å². The summed E-state index contributed by atoms with van der Waals surface area (Å²) in [6, 6.07) is 0. The van der Waals surface area contributed by atoms with Gasteiger partial charge in [0.05, 0.1) is 0 Å². The van der Waals surface area contributed by atoms with Crippen LogP contribution in [0, 0.1) is 0 Å². The second kappa shape index (κ2) is 8.57. The molecule has 0 saturated carbocycles. The summed E-state index contributed by atoms with van der Waals surface area (Å²) in [5.41, 5.74) is 0. The Morgan fingerprint density at radius 2 is 2.25 bits per heavy atom. The molecule has 0 spiro atoms. The third-order valence-corrected chi connectivity index (χ3v) is 10.7. The van der Waals surface area contributed by atoms with Crippen LogP contribution in [0.25, 0.3) is 0 Å². The molecule has 0 aromatic rings. The van der Waals surface area contributed by atoms with E-state index in [0.29, 0.717) is 0 Å². The molecule has 0 nitrogen and oxygen atoms in total. The van der Waals surface area contributed by atoms with E-state index in [0.717, 1.165) is 12.7 Å². The zero-order valence-corrected chi connectivity index (χ0v) is 9.21. The fraction of sp³-hybridized carbons (Fsp3) is 1.00. The summed E-state index contributed by atoms with van der Waals surface area (Å²) in [6.07, 6.45) is 3.47. The molecule has 0 amide bonds. The van der Waals surface area contributed by atoms with Crippen molar-refractivity contribution in [3.8, 4) is 0 Å². The second-order valence-electron chi connectivity index (χ2n) is 1.12. The SMILES string of the molecule is CCCSS[Se]SC. The zero-order valence-electron chi connectivity index (χ0n) is 5.05. The molecule has 0 aliphatic rings. The molecule has 0 aromatic heterocycles. The normalized spacial score (nSPS) is 9.75. The van der Waals surface area contributed by atoms with E-state index >= 15 is 0 Å². The van der Waals surface area contributed by atoms with Crippen LogP contribution < -0.4 is 0 Å². The van der Waals surface area contributed by atoms with Crippen molar-refractivity contribution >= 4 is 42.9 Å². The van der Waals surface area contributed by atoms with Crippen LogP contribution in [-0.2, 0) is 0 Å². The van der Waals surface area contributed by atoms with Gasteiger partial charge in [-0.25, -0.2) is 0 Å². The number of hydrogen-bond donors (Lipinski definition) is 0. The molecule has 0 bridgehead atoms. The molecular weight excluding hydrogens is 223 g/mol. The van der Waals surface area contributed by atoms with Gasteiger partial charge in [-0.3, -0.25) is 0 Å². The molecule has 0 unspecified atom stereocenters. The Bertz CT molecular complexity index is 36.3. The van der Waals surface area contributed by atoms with Gasteiger partial charge in [0.25, 0.3) is 0 Å². The van der Waals surface area contributed by atoms with E-state index in [1.807, 2.05) is 30.2 Å². The maximum atomic E-state index is 2.22. The molecule has 0 rings (SSSR count). The van der Waals surface area contributed by atoms with E-state index in [-0.39, 0.29) is 0 Å². The first-order valence-corrected chi connectivity index (χ1v) is 9.99. The van der Waals surface area contributed by atoms with Gasteiger partial charge in [0, 0.05) is 0 Å². The quantitative estimate of drug-likeness (QED) is 0.407. The Kier molecular flexibility index (Phi) is 10.3. The predicted octanol–water partition coefficient (Wildman–Crippen LogP) is 2.68. The number of rotatable bonds is 5. The standard InChI is InChI=1S/C4H10S3Se/c1-3-4-6-7-8-5-2/h3-4H2,1-2H3. The molecule has 0 atom stereocenters. The minimum atomic E-state index is 0.764. The Labute approximate surface area is 68.0 Å². The monoisotopic (exact) mass is 234 g/mol. The van der Waals surface area contributed by atoms with E-state index in [9.17, 15) is 0 Å². The van der Waals surface area contributed by atoms with Gasteiger partial charge in [0.2, 0.25) is 0 Å². The molecule has 0 radical (unpaired) electrons. The average molecular weight is 233 g/mol. The van der Waals surface area contributed by atoms with Crippen LogP contribution in [0.1, 0.15) is 13.3 Å². The first kappa shape index (κ1) is 9.57. The molecular formula is C4H10S3Se. The molecule has 0 aliphatic carbocycles. The Morgan fingerprint density at radius 3 is 2.75 bits per heavy atom. The van der Waals surface area contributed by atoms with Crippen molar-refractivity contribution in [2.24, 2.45) is 0 Å². The molecule has 50 valence electrons. The van der Waals surface area contributed by atoms with Crippen LogP contribution in [0.5, 0.6) is 0 Å². The Hall–Kier alpha value is 1.57.